The van der Waals surface area contributed by atoms with Crippen LogP contribution < -0.4 is 5.56 Å². The Morgan fingerprint density at radius 2 is 1.89 bits per heavy atom. The van der Waals surface area contributed by atoms with Gasteiger partial charge in [-0.2, -0.15) is 14.6 Å². The summed E-state index contributed by atoms with van der Waals surface area (Å²) in [5, 5.41) is 13.5. The summed E-state index contributed by atoms with van der Waals surface area (Å²) in [6.45, 7) is 5.44. The van der Waals surface area contributed by atoms with Crippen LogP contribution in [-0.2, 0) is 16.6 Å². The summed E-state index contributed by atoms with van der Waals surface area (Å²) in [6.07, 6.45) is 0.296. The average molecular weight is 506 g/mol. The van der Waals surface area contributed by atoms with Gasteiger partial charge >= 0.3 is 0 Å². The van der Waals surface area contributed by atoms with E-state index < -0.39 is 16.1 Å². The molecule has 36 heavy (non-hydrogen) atoms. The molecule has 9 nitrogen and oxygen atoms in total. The SMILES string of the molecule is CCC(c1nc2onc(C)c2c(=O)n1Cc1ccccc1)N(CCC#N)S(=O)(=O)c1cccc(C)c1. The fourth-order valence-electron chi connectivity index (χ4n) is 4.29. The molecule has 2 heterocycles. The molecule has 0 spiro atoms. The first kappa shape index (κ1) is 25.3. The average Bonchev–Trinajstić information content (AvgIpc) is 3.24. The first-order chi connectivity index (χ1) is 17.3. The third kappa shape index (κ3) is 4.80. The van der Waals surface area contributed by atoms with E-state index in [4.69, 9.17) is 4.52 Å². The first-order valence-corrected chi connectivity index (χ1v) is 13.1. The highest BCUT2D eigenvalue weighted by atomic mass is 32.2. The Balaban J connectivity index is 1.94. The summed E-state index contributed by atoms with van der Waals surface area (Å²) in [7, 11) is -4.03. The first-order valence-electron chi connectivity index (χ1n) is 11.6. The maximum atomic E-state index is 13.9. The van der Waals surface area contributed by atoms with E-state index in [1.54, 1.807) is 19.1 Å². The van der Waals surface area contributed by atoms with Gasteiger partial charge in [0, 0.05) is 13.0 Å². The number of aryl methyl sites for hydroxylation is 2. The van der Waals surface area contributed by atoms with Crippen LogP contribution in [0, 0.1) is 25.2 Å². The van der Waals surface area contributed by atoms with Gasteiger partial charge in [-0.05, 0) is 43.5 Å². The molecule has 2 aromatic carbocycles. The number of benzene rings is 2. The van der Waals surface area contributed by atoms with E-state index in [1.807, 2.05) is 56.3 Å². The van der Waals surface area contributed by atoms with E-state index in [-0.39, 0.29) is 46.9 Å². The minimum Gasteiger partial charge on any atom is -0.335 e. The number of nitrogens with zero attached hydrogens (tertiary/aromatic N) is 5. The van der Waals surface area contributed by atoms with Crippen molar-refractivity contribution in [2.45, 2.75) is 51.1 Å². The van der Waals surface area contributed by atoms with E-state index in [0.29, 0.717) is 12.1 Å². The number of sulfonamides is 1. The van der Waals surface area contributed by atoms with Crippen LogP contribution >= 0.6 is 0 Å². The van der Waals surface area contributed by atoms with Crippen LogP contribution in [0.3, 0.4) is 0 Å². The van der Waals surface area contributed by atoms with Gasteiger partial charge in [0.05, 0.1) is 29.2 Å². The van der Waals surface area contributed by atoms with Crippen LogP contribution in [0.2, 0.25) is 0 Å². The zero-order valence-electron chi connectivity index (χ0n) is 20.4. The molecule has 10 heteroatoms. The van der Waals surface area contributed by atoms with Crippen molar-refractivity contribution in [3.05, 3.63) is 87.6 Å². The molecular formula is C26H27N5O4S. The Labute approximate surface area is 209 Å². The molecule has 4 rings (SSSR count). The Bertz CT molecular complexity index is 1590. The normalized spacial score (nSPS) is 12.6. The monoisotopic (exact) mass is 505 g/mol. The Kier molecular flexibility index (Phi) is 7.33. The summed E-state index contributed by atoms with van der Waals surface area (Å²) >= 11 is 0. The Hall–Kier alpha value is -3.81. The summed E-state index contributed by atoms with van der Waals surface area (Å²) in [5.74, 6) is 0.240. The van der Waals surface area contributed by atoms with E-state index in [0.717, 1.165) is 11.1 Å². The van der Waals surface area contributed by atoms with Crippen molar-refractivity contribution in [1.82, 2.24) is 19.0 Å². The highest BCUT2D eigenvalue weighted by Crippen LogP contribution is 2.31. The van der Waals surface area contributed by atoms with Crippen molar-refractivity contribution in [3.8, 4) is 6.07 Å². The maximum Gasteiger partial charge on any atom is 0.267 e. The molecule has 0 amide bonds. The molecule has 0 aliphatic carbocycles. The van der Waals surface area contributed by atoms with Crippen molar-refractivity contribution in [2.24, 2.45) is 0 Å². The van der Waals surface area contributed by atoms with Gasteiger partial charge in [-0.3, -0.25) is 9.36 Å². The number of hydrogen-bond acceptors (Lipinski definition) is 7. The molecule has 0 aliphatic rings. The van der Waals surface area contributed by atoms with Crippen LogP contribution in [0.25, 0.3) is 11.1 Å². The molecule has 186 valence electrons. The van der Waals surface area contributed by atoms with Crippen molar-refractivity contribution in [3.63, 3.8) is 0 Å². The third-order valence-corrected chi connectivity index (χ3v) is 7.96. The summed E-state index contributed by atoms with van der Waals surface area (Å²) in [5.41, 5.74) is 1.77. The predicted octanol–water partition coefficient (Wildman–Crippen LogP) is 4.11. The fourth-order valence-corrected chi connectivity index (χ4v) is 6.05. The molecule has 2 aromatic heterocycles. The van der Waals surface area contributed by atoms with Gasteiger partial charge in [0.2, 0.25) is 10.0 Å². The maximum absolute atomic E-state index is 13.9. The van der Waals surface area contributed by atoms with Gasteiger partial charge in [-0.1, -0.05) is 54.5 Å². The van der Waals surface area contributed by atoms with Crippen LogP contribution in [-0.4, -0.2) is 34.0 Å². The quantitative estimate of drug-likeness (QED) is 0.335. The van der Waals surface area contributed by atoms with Crippen LogP contribution in [0.5, 0.6) is 0 Å². The minimum absolute atomic E-state index is 0.0197. The largest absolute Gasteiger partial charge is 0.335 e. The molecule has 4 aromatic rings. The number of aromatic nitrogens is 3. The molecule has 0 fully saturated rings. The van der Waals surface area contributed by atoms with Gasteiger partial charge in [-0.25, -0.2) is 8.42 Å². The van der Waals surface area contributed by atoms with E-state index in [1.165, 1.54) is 14.9 Å². The lowest BCUT2D eigenvalue weighted by Gasteiger charge is -2.30. The van der Waals surface area contributed by atoms with Gasteiger partial charge in [0.15, 0.2) is 0 Å². The molecule has 1 unspecified atom stereocenters. The molecule has 0 saturated carbocycles. The van der Waals surface area contributed by atoms with Crippen molar-refractivity contribution in [2.75, 3.05) is 6.54 Å². The highest BCUT2D eigenvalue weighted by Gasteiger charge is 2.35. The number of hydrogen-bond donors (Lipinski definition) is 0. The molecular weight excluding hydrogens is 478 g/mol. The fraction of sp³-hybridized carbons (Fsp3) is 0.308. The topological polar surface area (TPSA) is 122 Å². The number of rotatable bonds is 9. The zero-order chi connectivity index (χ0) is 25.9. The van der Waals surface area contributed by atoms with Gasteiger partial charge < -0.3 is 4.52 Å². The number of fused-ring (bicyclic) bond motifs is 1. The second kappa shape index (κ2) is 10.4. The predicted molar refractivity (Wildman–Crippen MR) is 135 cm³/mol. The summed E-state index contributed by atoms with van der Waals surface area (Å²) in [4.78, 5) is 18.4. The molecule has 0 saturated heterocycles. The lowest BCUT2D eigenvalue weighted by molar-refractivity contribution is 0.299. The van der Waals surface area contributed by atoms with Crippen LogP contribution in [0.4, 0.5) is 0 Å². The third-order valence-electron chi connectivity index (χ3n) is 6.05. The second-order valence-electron chi connectivity index (χ2n) is 8.56. The van der Waals surface area contributed by atoms with Crippen LogP contribution in [0.1, 0.15) is 48.5 Å². The molecule has 1 atom stereocenters. The summed E-state index contributed by atoms with van der Waals surface area (Å²) < 4.78 is 35.8. The van der Waals surface area contributed by atoms with Crippen molar-refractivity contribution < 1.29 is 12.9 Å². The molecule has 0 N–H and O–H groups in total. The molecule has 0 aliphatic heterocycles. The Morgan fingerprint density at radius 3 is 2.56 bits per heavy atom. The van der Waals surface area contributed by atoms with E-state index >= 15 is 0 Å². The zero-order valence-corrected chi connectivity index (χ0v) is 21.2. The van der Waals surface area contributed by atoms with Gasteiger partial charge in [0.1, 0.15) is 11.2 Å². The number of nitriles is 1. The standard InChI is InChI=1S/C26H27N5O4S/c1-4-22(31(15-9-14-27)36(33,34)21-13-8-10-18(2)16-21)24-28-25-23(19(3)29-35-25)26(32)30(24)17-20-11-6-5-7-12-20/h5-8,10-13,16,22H,4,9,15,17H2,1-3H3. The van der Waals surface area contributed by atoms with E-state index in [2.05, 4.69) is 10.1 Å². The smallest absolute Gasteiger partial charge is 0.267 e. The lowest BCUT2D eigenvalue weighted by Crippen LogP contribution is -2.39. The minimum atomic E-state index is -4.03. The van der Waals surface area contributed by atoms with Gasteiger partial charge in [-0.15, -0.1) is 0 Å². The highest BCUT2D eigenvalue weighted by molar-refractivity contribution is 7.89. The van der Waals surface area contributed by atoms with E-state index in [9.17, 15) is 18.5 Å². The molecule has 0 bridgehead atoms. The second-order valence-corrected chi connectivity index (χ2v) is 10.5. The van der Waals surface area contributed by atoms with Crippen molar-refractivity contribution in [1.29, 1.82) is 5.26 Å². The van der Waals surface area contributed by atoms with Gasteiger partial charge in [0.25, 0.3) is 11.3 Å². The van der Waals surface area contributed by atoms with Crippen molar-refractivity contribution >= 4 is 21.1 Å². The van der Waals surface area contributed by atoms with Crippen LogP contribution in [0.15, 0.2) is 68.8 Å². The Morgan fingerprint density at radius 1 is 1.14 bits per heavy atom. The summed E-state index contributed by atoms with van der Waals surface area (Å²) in [6, 6.07) is 17.2. The lowest BCUT2D eigenvalue weighted by atomic mass is 10.1. The molecule has 0 radical (unpaired) electrons.